The lowest BCUT2D eigenvalue weighted by atomic mass is 10.1. The molecular weight excluding hydrogens is 230 g/mol. The van der Waals surface area contributed by atoms with Crippen molar-refractivity contribution in [3.63, 3.8) is 0 Å². The fourth-order valence-electron chi connectivity index (χ4n) is 1.14. The number of hydrogen-bond acceptors (Lipinski definition) is 4. The Balaban J connectivity index is 2.60. The summed E-state index contributed by atoms with van der Waals surface area (Å²) in [5, 5.41) is 10.0. The maximum absolute atomic E-state index is 10.8. The summed E-state index contributed by atoms with van der Waals surface area (Å²) >= 11 is 5.80. The van der Waals surface area contributed by atoms with Crippen LogP contribution in [-0.4, -0.2) is 23.2 Å². The van der Waals surface area contributed by atoms with Gasteiger partial charge < -0.3 is 9.84 Å². The number of halogens is 1. The summed E-state index contributed by atoms with van der Waals surface area (Å²) in [5.41, 5.74) is 0.540. The van der Waals surface area contributed by atoms with Gasteiger partial charge >= 0.3 is 5.97 Å². The van der Waals surface area contributed by atoms with Crippen molar-refractivity contribution in [3.05, 3.63) is 41.2 Å². The number of carbonyl (C=O) groups is 1. The zero-order chi connectivity index (χ0) is 12.0. The number of hydrogen-bond donors (Lipinski definition) is 1. The van der Waals surface area contributed by atoms with E-state index in [4.69, 9.17) is 11.6 Å². The first-order valence-electron chi connectivity index (χ1n) is 4.68. The van der Waals surface area contributed by atoms with Crippen molar-refractivity contribution < 1.29 is 14.6 Å². The van der Waals surface area contributed by atoms with Crippen LogP contribution in [0.15, 0.2) is 30.5 Å². The Bertz CT molecular complexity index is 393. The van der Waals surface area contributed by atoms with Crippen molar-refractivity contribution in [2.24, 2.45) is 0 Å². The van der Waals surface area contributed by atoms with Crippen LogP contribution in [0.4, 0.5) is 0 Å². The van der Waals surface area contributed by atoms with Crippen molar-refractivity contribution in [1.29, 1.82) is 0 Å². The molecular formula is C11H12ClNO3. The summed E-state index contributed by atoms with van der Waals surface area (Å²) in [6, 6.07) is 3.38. The Morgan fingerprint density at radius 3 is 3.12 bits per heavy atom. The van der Waals surface area contributed by atoms with E-state index < -0.39 is 12.1 Å². The minimum absolute atomic E-state index is 0.265. The van der Waals surface area contributed by atoms with E-state index in [0.717, 1.165) is 0 Å². The van der Waals surface area contributed by atoms with Crippen LogP contribution in [-0.2, 0) is 9.53 Å². The van der Waals surface area contributed by atoms with Gasteiger partial charge in [-0.15, -0.1) is 0 Å². The number of ether oxygens (including phenoxy) is 1. The van der Waals surface area contributed by atoms with Gasteiger partial charge in [0, 0.05) is 17.8 Å². The first-order chi connectivity index (χ1) is 7.65. The molecule has 1 atom stereocenters. The highest BCUT2D eigenvalue weighted by molar-refractivity contribution is 6.30. The van der Waals surface area contributed by atoms with Gasteiger partial charge in [0.05, 0.1) is 13.2 Å². The van der Waals surface area contributed by atoms with E-state index in [1.165, 1.54) is 19.3 Å². The Morgan fingerprint density at radius 1 is 1.75 bits per heavy atom. The predicted octanol–water partition coefficient (Wildman–Crippen LogP) is 1.89. The Kier molecular flexibility index (Phi) is 4.95. The number of aliphatic hydroxyl groups is 1. The average Bonchev–Trinajstić information content (AvgIpc) is 2.29. The van der Waals surface area contributed by atoms with Gasteiger partial charge in [0.2, 0.25) is 0 Å². The zero-order valence-electron chi connectivity index (χ0n) is 8.76. The van der Waals surface area contributed by atoms with Crippen LogP contribution in [0.25, 0.3) is 0 Å². The van der Waals surface area contributed by atoms with E-state index in [0.29, 0.717) is 5.56 Å². The fraction of sp³-hybridized carbons (Fsp3) is 0.273. The molecule has 1 aromatic rings. The van der Waals surface area contributed by atoms with Crippen molar-refractivity contribution in [2.45, 2.75) is 12.5 Å². The molecule has 0 aromatic carbocycles. The molecule has 0 aliphatic rings. The topological polar surface area (TPSA) is 59.4 Å². The molecule has 5 heteroatoms. The monoisotopic (exact) mass is 241 g/mol. The summed E-state index contributed by atoms with van der Waals surface area (Å²) in [6.07, 6.45) is 3.83. The molecule has 1 rings (SSSR count). The van der Waals surface area contributed by atoms with Gasteiger partial charge in [-0.2, -0.15) is 0 Å². The Hall–Kier alpha value is -1.39. The molecule has 1 heterocycles. The molecule has 0 amide bonds. The maximum atomic E-state index is 10.8. The number of pyridine rings is 1. The molecule has 1 unspecified atom stereocenters. The lowest BCUT2D eigenvalue weighted by Gasteiger charge is -2.08. The van der Waals surface area contributed by atoms with Crippen LogP contribution in [0.3, 0.4) is 0 Å². The quantitative estimate of drug-likeness (QED) is 0.497. The third kappa shape index (κ3) is 3.64. The SMILES string of the molecule is COC(=O)/C=C/CC(O)c1cccnc1Cl. The smallest absolute Gasteiger partial charge is 0.330 e. The van der Waals surface area contributed by atoms with Crippen LogP contribution < -0.4 is 0 Å². The summed E-state index contributed by atoms with van der Waals surface area (Å²) < 4.78 is 4.42. The zero-order valence-corrected chi connectivity index (χ0v) is 9.52. The third-order valence-corrected chi connectivity index (χ3v) is 2.28. The van der Waals surface area contributed by atoms with Gasteiger partial charge in [-0.05, 0) is 12.5 Å². The average molecular weight is 242 g/mol. The highest BCUT2D eigenvalue weighted by atomic mass is 35.5. The van der Waals surface area contributed by atoms with Gasteiger partial charge in [-0.25, -0.2) is 9.78 Å². The number of aliphatic hydroxyl groups excluding tert-OH is 1. The standard InChI is InChI=1S/C11H12ClNO3/c1-16-10(15)6-2-5-9(14)8-4-3-7-13-11(8)12/h2-4,6-7,9,14H,5H2,1H3/b6-2+. The second-order valence-corrected chi connectivity index (χ2v) is 3.42. The minimum Gasteiger partial charge on any atom is -0.466 e. The number of nitrogens with zero attached hydrogens (tertiary/aromatic N) is 1. The van der Waals surface area contributed by atoms with Crippen molar-refractivity contribution in [3.8, 4) is 0 Å². The number of carbonyl (C=O) groups excluding carboxylic acids is 1. The molecule has 0 bridgehead atoms. The second kappa shape index (κ2) is 6.25. The number of aromatic nitrogens is 1. The molecule has 0 aliphatic heterocycles. The first-order valence-corrected chi connectivity index (χ1v) is 5.06. The summed E-state index contributed by atoms with van der Waals surface area (Å²) in [7, 11) is 1.29. The predicted molar refractivity (Wildman–Crippen MR) is 60.0 cm³/mol. The van der Waals surface area contributed by atoms with Crippen LogP contribution >= 0.6 is 11.6 Å². The van der Waals surface area contributed by atoms with E-state index in [1.54, 1.807) is 18.3 Å². The van der Waals surface area contributed by atoms with Crippen LogP contribution in [0, 0.1) is 0 Å². The lowest BCUT2D eigenvalue weighted by molar-refractivity contribution is -0.134. The highest BCUT2D eigenvalue weighted by Crippen LogP contribution is 2.22. The number of esters is 1. The minimum atomic E-state index is -0.776. The molecule has 0 spiro atoms. The molecule has 4 nitrogen and oxygen atoms in total. The normalized spacial score (nSPS) is 12.7. The Labute approximate surface area is 98.5 Å². The molecule has 0 aliphatic carbocycles. The summed E-state index contributed by atoms with van der Waals surface area (Å²) in [5.74, 6) is -0.454. The Morgan fingerprint density at radius 2 is 2.50 bits per heavy atom. The summed E-state index contributed by atoms with van der Waals surface area (Å²) in [4.78, 5) is 14.6. The number of methoxy groups -OCH3 is 1. The molecule has 0 saturated carbocycles. The molecule has 0 radical (unpaired) electrons. The second-order valence-electron chi connectivity index (χ2n) is 3.06. The van der Waals surface area contributed by atoms with E-state index in [1.807, 2.05) is 0 Å². The largest absolute Gasteiger partial charge is 0.466 e. The molecule has 1 N–H and O–H groups in total. The van der Waals surface area contributed by atoms with E-state index >= 15 is 0 Å². The maximum Gasteiger partial charge on any atom is 0.330 e. The van der Waals surface area contributed by atoms with Gasteiger partial charge in [0.25, 0.3) is 0 Å². The lowest BCUT2D eigenvalue weighted by Crippen LogP contribution is -1.99. The van der Waals surface area contributed by atoms with Crippen molar-refractivity contribution in [1.82, 2.24) is 4.98 Å². The van der Waals surface area contributed by atoms with Gasteiger partial charge in [-0.3, -0.25) is 0 Å². The van der Waals surface area contributed by atoms with Crippen molar-refractivity contribution in [2.75, 3.05) is 7.11 Å². The van der Waals surface area contributed by atoms with Gasteiger partial charge in [0.1, 0.15) is 5.15 Å². The molecule has 1 aromatic heterocycles. The molecule has 0 saturated heterocycles. The van der Waals surface area contributed by atoms with Crippen LogP contribution in [0.5, 0.6) is 0 Å². The first kappa shape index (κ1) is 12.7. The van der Waals surface area contributed by atoms with Crippen LogP contribution in [0.2, 0.25) is 5.15 Å². The van der Waals surface area contributed by atoms with Crippen LogP contribution in [0.1, 0.15) is 18.1 Å². The highest BCUT2D eigenvalue weighted by Gasteiger charge is 2.10. The van der Waals surface area contributed by atoms with E-state index in [-0.39, 0.29) is 11.6 Å². The van der Waals surface area contributed by atoms with Crippen molar-refractivity contribution >= 4 is 17.6 Å². The van der Waals surface area contributed by atoms with Gasteiger partial charge in [0.15, 0.2) is 0 Å². The summed E-state index contributed by atoms with van der Waals surface area (Å²) in [6.45, 7) is 0. The van der Waals surface area contributed by atoms with E-state index in [9.17, 15) is 9.90 Å². The molecule has 86 valence electrons. The third-order valence-electron chi connectivity index (χ3n) is 1.96. The molecule has 0 fully saturated rings. The van der Waals surface area contributed by atoms with E-state index in [2.05, 4.69) is 9.72 Å². The fourth-order valence-corrected chi connectivity index (χ4v) is 1.38. The number of rotatable bonds is 4. The van der Waals surface area contributed by atoms with Gasteiger partial charge in [-0.1, -0.05) is 23.7 Å². The molecule has 16 heavy (non-hydrogen) atoms.